The summed E-state index contributed by atoms with van der Waals surface area (Å²) in [5.74, 6) is 1.87. The van der Waals surface area contributed by atoms with Crippen LogP contribution in [0.2, 0.25) is 0 Å². The maximum Gasteiger partial charge on any atom is 0.244 e. The minimum Gasteiger partial charge on any atom is -0.389 e. The van der Waals surface area contributed by atoms with Crippen LogP contribution in [0.5, 0.6) is 0 Å². The molecule has 0 unspecified atom stereocenters. The van der Waals surface area contributed by atoms with Gasteiger partial charge in [0.25, 0.3) is 0 Å². The van der Waals surface area contributed by atoms with Gasteiger partial charge >= 0.3 is 0 Å². The minimum atomic E-state index is -0.480. The average Bonchev–Trinajstić information content (AvgIpc) is 3.94. The summed E-state index contributed by atoms with van der Waals surface area (Å²) in [6.07, 6.45) is 16.4. The molecule has 0 aliphatic carbocycles. The van der Waals surface area contributed by atoms with Gasteiger partial charge in [-0.25, -0.2) is 5.01 Å². The van der Waals surface area contributed by atoms with Gasteiger partial charge in [0, 0.05) is 56.3 Å². The van der Waals surface area contributed by atoms with Crippen LogP contribution >= 0.6 is 0 Å². The molecule has 0 fully saturated rings. The number of aliphatic hydroxyl groups is 1. The van der Waals surface area contributed by atoms with Crippen molar-refractivity contribution in [2.45, 2.75) is 115 Å². The number of hydrogen-bond acceptors (Lipinski definition) is 9. The number of rotatable bonds is 28. The maximum atomic E-state index is 13.4. The Labute approximate surface area is 338 Å². The second-order valence-electron chi connectivity index (χ2n) is 15.8. The molecular formula is C44H62N7O6+. The van der Waals surface area contributed by atoms with Gasteiger partial charge < -0.3 is 20.2 Å². The minimum absolute atomic E-state index is 0.0415. The van der Waals surface area contributed by atoms with Gasteiger partial charge in [0.05, 0.1) is 27.4 Å². The molecule has 2 aromatic rings. The number of likely N-dealkylation sites (N-methyl/N-ethyl adjacent to an activating group) is 1. The molecule has 0 aromatic heterocycles. The van der Waals surface area contributed by atoms with E-state index >= 15 is 0 Å². The van der Waals surface area contributed by atoms with Crippen LogP contribution in [0.15, 0.2) is 63.9 Å². The summed E-state index contributed by atoms with van der Waals surface area (Å²) in [4.78, 5) is 62.4. The predicted molar refractivity (Wildman–Crippen MR) is 222 cm³/mol. The SMILES string of the molecule is C#CCCC(=O)N(CC(=O)NCCCCC[C@H](C(=O)CCCc1ccc(NC(=O)CCCCCCC(=O)CO)cc1)[N+](C)(C)C)/N=C/c1ccc(C2(C)N=N2)cc1. The maximum absolute atomic E-state index is 13.4. The molecule has 0 spiro atoms. The molecule has 1 aliphatic rings. The predicted octanol–water partition coefficient (Wildman–Crippen LogP) is 6.08. The van der Waals surface area contributed by atoms with Crippen LogP contribution in [0.1, 0.15) is 114 Å². The molecular weight excluding hydrogens is 723 g/mol. The lowest BCUT2D eigenvalue weighted by atomic mass is 9.97. The van der Waals surface area contributed by atoms with Crippen LogP contribution in [-0.4, -0.2) is 97.0 Å². The summed E-state index contributed by atoms with van der Waals surface area (Å²) < 4.78 is 0.548. The number of benzene rings is 2. The van der Waals surface area contributed by atoms with Crippen molar-refractivity contribution in [1.29, 1.82) is 0 Å². The Kier molecular flexibility index (Phi) is 19.4. The first-order valence-corrected chi connectivity index (χ1v) is 20.2. The number of terminal acetylenes is 1. The van der Waals surface area contributed by atoms with Gasteiger partial charge in [-0.15, -0.1) is 12.3 Å². The van der Waals surface area contributed by atoms with Crippen molar-refractivity contribution in [3.05, 3.63) is 65.2 Å². The molecule has 13 heteroatoms. The van der Waals surface area contributed by atoms with Gasteiger partial charge in [-0.1, -0.05) is 55.7 Å². The van der Waals surface area contributed by atoms with E-state index in [1.54, 1.807) is 6.21 Å². The fourth-order valence-electron chi connectivity index (χ4n) is 6.40. The molecule has 3 amide bonds. The number of ketones is 2. The summed E-state index contributed by atoms with van der Waals surface area (Å²) in [6, 6.07) is 15.2. The molecule has 0 saturated heterocycles. The average molecular weight is 785 g/mol. The van der Waals surface area contributed by atoms with E-state index in [1.807, 2.05) is 76.6 Å². The van der Waals surface area contributed by atoms with Crippen LogP contribution in [-0.2, 0) is 36.1 Å². The number of hydrazone groups is 1. The largest absolute Gasteiger partial charge is 0.389 e. The van der Waals surface area contributed by atoms with Gasteiger partial charge in [0.2, 0.25) is 23.4 Å². The summed E-state index contributed by atoms with van der Waals surface area (Å²) in [7, 11) is 6.14. The lowest BCUT2D eigenvalue weighted by Crippen LogP contribution is -2.49. The van der Waals surface area contributed by atoms with Crippen molar-refractivity contribution < 1.29 is 33.6 Å². The first kappa shape index (κ1) is 46.3. The van der Waals surface area contributed by atoms with Crippen LogP contribution in [0.4, 0.5) is 5.69 Å². The smallest absolute Gasteiger partial charge is 0.244 e. The zero-order valence-electron chi connectivity index (χ0n) is 34.3. The van der Waals surface area contributed by atoms with Gasteiger partial charge in [0.15, 0.2) is 11.6 Å². The van der Waals surface area contributed by atoms with E-state index in [-0.39, 0.29) is 54.7 Å². The van der Waals surface area contributed by atoms with Crippen molar-refractivity contribution in [2.24, 2.45) is 15.3 Å². The van der Waals surface area contributed by atoms with Crippen molar-refractivity contribution in [3.63, 3.8) is 0 Å². The third-order valence-electron chi connectivity index (χ3n) is 9.96. The molecule has 1 aliphatic heterocycles. The molecule has 2 aromatic carbocycles. The molecule has 1 atom stereocenters. The molecule has 57 heavy (non-hydrogen) atoms. The third kappa shape index (κ3) is 17.7. The van der Waals surface area contributed by atoms with Crippen molar-refractivity contribution in [3.8, 4) is 12.3 Å². The summed E-state index contributed by atoms with van der Waals surface area (Å²) in [6.45, 7) is 1.75. The molecule has 3 N–H and O–H groups in total. The van der Waals surface area contributed by atoms with E-state index in [1.165, 1.54) is 0 Å². The number of quaternary nitrogens is 1. The summed E-state index contributed by atoms with van der Waals surface area (Å²) >= 11 is 0. The lowest BCUT2D eigenvalue weighted by molar-refractivity contribution is -0.886. The number of carbonyl (C=O) groups excluding carboxylic acids is 5. The van der Waals surface area contributed by atoms with Crippen molar-refractivity contribution in [2.75, 3.05) is 46.2 Å². The Morgan fingerprint density at radius 3 is 2.16 bits per heavy atom. The number of amides is 3. The van der Waals surface area contributed by atoms with Gasteiger partial charge in [-0.05, 0) is 68.7 Å². The Hall–Kier alpha value is -5.06. The van der Waals surface area contributed by atoms with E-state index in [9.17, 15) is 24.0 Å². The lowest BCUT2D eigenvalue weighted by Gasteiger charge is -2.33. The molecule has 0 radical (unpaired) electrons. The zero-order valence-corrected chi connectivity index (χ0v) is 34.3. The second-order valence-corrected chi connectivity index (χ2v) is 15.8. The molecule has 0 saturated carbocycles. The number of hydrogen-bond donors (Lipinski definition) is 3. The number of carbonyl (C=O) groups is 5. The molecule has 1 heterocycles. The standard InChI is InChI=1S/C44H61N7O6/c1-6-7-21-43(57)50(46-31-35-22-26-36(27-23-35)44(2)48-49-44)32-42(56)45-30-14-10-12-18-39(51(3,4)5)40(54)19-15-16-34-24-28-37(29-25-34)47-41(55)20-13-9-8-11-17-38(53)33-52/h1,22-29,31,39,52H,7-21,30,32-33H2,2-5H3,(H-,45,47,55,56)/p+1/b46-31+/t39-/m1/s1. The summed E-state index contributed by atoms with van der Waals surface area (Å²) in [5.41, 5.74) is 3.10. The fourth-order valence-corrected chi connectivity index (χ4v) is 6.40. The highest BCUT2D eigenvalue weighted by Gasteiger charge is 2.35. The zero-order chi connectivity index (χ0) is 41.7. The highest BCUT2D eigenvalue weighted by molar-refractivity contribution is 5.90. The Balaban J connectivity index is 1.34. The van der Waals surface area contributed by atoms with E-state index < -0.39 is 12.3 Å². The van der Waals surface area contributed by atoms with E-state index in [0.29, 0.717) is 30.3 Å². The number of aryl methyl sites for hydroxylation is 1. The van der Waals surface area contributed by atoms with Crippen molar-refractivity contribution in [1.82, 2.24) is 10.3 Å². The number of unbranched alkanes of at least 4 members (excludes halogenated alkanes) is 5. The fraction of sp³-hybridized carbons (Fsp3) is 0.545. The number of nitrogens with one attached hydrogen (secondary N) is 2. The Bertz CT molecular complexity index is 1720. The van der Waals surface area contributed by atoms with E-state index in [0.717, 1.165) is 91.6 Å². The van der Waals surface area contributed by atoms with Crippen LogP contribution in [0, 0.1) is 12.3 Å². The number of nitrogens with zero attached hydrogens (tertiary/aromatic N) is 5. The molecule has 308 valence electrons. The highest BCUT2D eigenvalue weighted by atomic mass is 16.3. The van der Waals surface area contributed by atoms with Crippen molar-refractivity contribution >= 4 is 41.2 Å². The summed E-state index contributed by atoms with van der Waals surface area (Å²) in [5, 5.41) is 28.1. The van der Waals surface area contributed by atoms with Gasteiger partial charge in [-0.2, -0.15) is 15.3 Å². The molecule has 0 bridgehead atoms. The molecule has 3 rings (SSSR count). The first-order chi connectivity index (χ1) is 27.2. The van der Waals surface area contributed by atoms with Crippen LogP contribution in [0.25, 0.3) is 0 Å². The first-order valence-electron chi connectivity index (χ1n) is 20.2. The Morgan fingerprint density at radius 1 is 0.860 bits per heavy atom. The number of anilines is 1. The monoisotopic (exact) mass is 784 g/mol. The number of Topliss-reactive ketones (excluding diaryl/α,β-unsaturated/α-hetero) is 2. The van der Waals surface area contributed by atoms with Gasteiger partial charge in [0.1, 0.15) is 19.2 Å². The van der Waals surface area contributed by atoms with Crippen LogP contribution < -0.4 is 10.6 Å². The van der Waals surface area contributed by atoms with Gasteiger partial charge in [-0.3, -0.25) is 24.0 Å². The number of aliphatic hydroxyl groups excluding tert-OH is 1. The van der Waals surface area contributed by atoms with E-state index in [4.69, 9.17) is 11.5 Å². The Morgan fingerprint density at radius 2 is 1.53 bits per heavy atom. The molecule has 13 nitrogen and oxygen atoms in total. The third-order valence-corrected chi connectivity index (χ3v) is 9.96. The normalized spacial score (nSPS) is 13.5. The highest BCUT2D eigenvalue weighted by Crippen LogP contribution is 2.38. The topological polar surface area (TPSA) is 170 Å². The van der Waals surface area contributed by atoms with Crippen LogP contribution in [0.3, 0.4) is 0 Å². The van der Waals surface area contributed by atoms with E-state index in [2.05, 4.69) is 31.9 Å². The second kappa shape index (κ2) is 23.9. The quantitative estimate of drug-likeness (QED) is 0.0310.